The van der Waals surface area contributed by atoms with Crippen LogP contribution >= 0.6 is 0 Å². The molecule has 0 heterocycles. The van der Waals surface area contributed by atoms with Crippen molar-refractivity contribution in [3.63, 3.8) is 0 Å². The standard InChI is InChI=1S/C13H21/c1-10(2)12-6-8-13(5,9-7-12)11(3)4/h6-8,10-11H,5,9H2,1-4H3. The second-order valence-electron chi connectivity index (χ2n) is 4.78. The summed E-state index contributed by atoms with van der Waals surface area (Å²) < 4.78 is 0. The molecule has 1 rings (SSSR count). The molecule has 0 heteroatoms. The Morgan fingerprint density at radius 2 is 1.92 bits per heavy atom. The Morgan fingerprint density at radius 1 is 1.31 bits per heavy atom. The molecule has 1 unspecified atom stereocenters. The van der Waals surface area contributed by atoms with Crippen LogP contribution < -0.4 is 0 Å². The highest BCUT2D eigenvalue weighted by atomic mass is 14.3. The highest BCUT2D eigenvalue weighted by Gasteiger charge is 2.26. The van der Waals surface area contributed by atoms with E-state index in [0.29, 0.717) is 11.8 Å². The van der Waals surface area contributed by atoms with Gasteiger partial charge in [0.15, 0.2) is 0 Å². The van der Waals surface area contributed by atoms with Crippen molar-refractivity contribution in [3.05, 3.63) is 30.7 Å². The largest absolute Gasteiger partial charge is 0.0802 e. The van der Waals surface area contributed by atoms with Crippen molar-refractivity contribution in [2.45, 2.75) is 34.1 Å². The van der Waals surface area contributed by atoms with Gasteiger partial charge in [0.1, 0.15) is 0 Å². The Morgan fingerprint density at radius 3 is 2.23 bits per heavy atom. The minimum atomic E-state index is 0.137. The summed E-state index contributed by atoms with van der Waals surface area (Å²) in [7, 11) is 0. The van der Waals surface area contributed by atoms with E-state index in [1.54, 1.807) is 0 Å². The Kier molecular flexibility index (Phi) is 3.00. The second kappa shape index (κ2) is 3.69. The Balaban J connectivity index is 2.73. The number of allylic oxidation sites excluding steroid dienone is 4. The predicted octanol–water partition coefficient (Wildman–Crippen LogP) is 4.01. The van der Waals surface area contributed by atoms with E-state index in [4.69, 9.17) is 0 Å². The first-order chi connectivity index (χ1) is 5.96. The van der Waals surface area contributed by atoms with E-state index in [0.717, 1.165) is 6.42 Å². The maximum Gasteiger partial charge on any atom is -0.00571 e. The maximum atomic E-state index is 4.29. The van der Waals surface area contributed by atoms with Gasteiger partial charge < -0.3 is 0 Å². The zero-order chi connectivity index (χ0) is 10.1. The van der Waals surface area contributed by atoms with Gasteiger partial charge in [-0.1, -0.05) is 45.9 Å². The fourth-order valence-corrected chi connectivity index (χ4v) is 1.56. The molecule has 1 aliphatic rings. The second-order valence-corrected chi connectivity index (χ2v) is 4.78. The molecule has 1 atom stereocenters. The average molecular weight is 177 g/mol. The van der Waals surface area contributed by atoms with Gasteiger partial charge in [-0.25, -0.2) is 0 Å². The third-order valence-electron chi connectivity index (χ3n) is 3.14. The summed E-state index contributed by atoms with van der Waals surface area (Å²) in [5.74, 6) is 1.27. The SMILES string of the molecule is [CH2]C1(C(C)C)C=CC(C(C)C)=CC1. The summed E-state index contributed by atoms with van der Waals surface area (Å²) in [6.07, 6.45) is 7.97. The molecule has 0 amide bonds. The van der Waals surface area contributed by atoms with Crippen molar-refractivity contribution < 1.29 is 0 Å². The van der Waals surface area contributed by atoms with Crippen molar-refractivity contribution in [2.24, 2.45) is 17.3 Å². The summed E-state index contributed by atoms with van der Waals surface area (Å²) in [6.45, 7) is 13.2. The molecule has 0 saturated carbocycles. The van der Waals surface area contributed by atoms with Crippen molar-refractivity contribution >= 4 is 0 Å². The minimum absolute atomic E-state index is 0.137. The molecule has 0 saturated heterocycles. The zero-order valence-corrected chi connectivity index (χ0v) is 9.30. The van der Waals surface area contributed by atoms with E-state index in [1.165, 1.54) is 5.57 Å². The molecule has 0 aromatic heterocycles. The highest BCUT2D eigenvalue weighted by molar-refractivity contribution is 5.29. The Labute approximate surface area is 82.7 Å². The lowest BCUT2D eigenvalue weighted by atomic mass is 9.72. The van der Waals surface area contributed by atoms with Gasteiger partial charge in [-0.2, -0.15) is 0 Å². The summed E-state index contributed by atoms with van der Waals surface area (Å²) in [6, 6.07) is 0. The number of hydrogen-bond acceptors (Lipinski definition) is 0. The Hall–Kier alpha value is -0.520. The molecule has 13 heavy (non-hydrogen) atoms. The minimum Gasteiger partial charge on any atom is -0.0802 e. The topological polar surface area (TPSA) is 0 Å². The molecular weight excluding hydrogens is 156 g/mol. The van der Waals surface area contributed by atoms with E-state index in [-0.39, 0.29) is 5.41 Å². The van der Waals surface area contributed by atoms with E-state index >= 15 is 0 Å². The van der Waals surface area contributed by atoms with Gasteiger partial charge in [-0.15, -0.1) is 0 Å². The van der Waals surface area contributed by atoms with Crippen molar-refractivity contribution in [1.29, 1.82) is 0 Å². The molecule has 0 bridgehead atoms. The first kappa shape index (κ1) is 10.6. The molecule has 0 spiro atoms. The fourth-order valence-electron chi connectivity index (χ4n) is 1.56. The van der Waals surface area contributed by atoms with Crippen LogP contribution in [0.4, 0.5) is 0 Å². The molecule has 0 N–H and O–H groups in total. The van der Waals surface area contributed by atoms with Crippen LogP contribution in [0.5, 0.6) is 0 Å². The molecule has 73 valence electrons. The molecule has 0 aromatic carbocycles. The lowest BCUT2D eigenvalue weighted by molar-refractivity contribution is 0.341. The molecule has 1 aliphatic carbocycles. The highest BCUT2D eigenvalue weighted by Crippen LogP contribution is 2.37. The molecular formula is C13H21. The first-order valence-corrected chi connectivity index (χ1v) is 5.20. The van der Waals surface area contributed by atoms with Crippen LogP contribution in [0.15, 0.2) is 23.8 Å². The third kappa shape index (κ3) is 2.24. The van der Waals surface area contributed by atoms with Crippen LogP contribution in [0.2, 0.25) is 0 Å². The first-order valence-electron chi connectivity index (χ1n) is 5.20. The van der Waals surface area contributed by atoms with Gasteiger partial charge in [0.05, 0.1) is 0 Å². The number of rotatable bonds is 2. The van der Waals surface area contributed by atoms with E-state index in [1.807, 2.05) is 0 Å². The summed E-state index contributed by atoms with van der Waals surface area (Å²) >= 11 is 0. The molecule has 0 fully saturated rings. The van der Waals surface area contributed by atoms with Crippen LogP contribution in [-0.2, 0) is 0 Å². The quantitative estimate of drug-likeness (QED) is 0.598. The molecule has 1 radical (unpaired) electrons. The number of hydrogen-bond donors (Lipinski definition) is 0. The zero-order valence-electron chi connectivity index (χ0n) is 9.30. The van der Waals surface area contributed by atoms with E-state index in [2.05, 4.69) is 52.8 Å². The van der Waals surface area contributed by atoms with Gasteiger partial charge in [0, 0.05) is 0 Å². The van der Waals surface area contributed by atoms with Crippen LogP contribution in [0.25, 0.3) is 0 Å². The lowest BCUT2D eigenvalue weighted by Gasteiger charge is -2.32. The predicted molar refractivity (Wildman–Crippen MR) is 59.3 cm³/mol. The fraction of sp³-hybridized carbons (Fsp3) is 0.615. The third-order valence-corrected chi connectivity index (χ3v) is 3.14. The van der Waals surface area contributed by atoms with Gasteiger partial charge in [0.25, 0.3) is 0 Å². The molecule has 0 aliphatic heterocycles. The van der Waals surface area contributed by atoms with Crippen molar-refractivity contribution in [1.82, 2.24) is 0 Å². The van der Waals surface area contributed by atoms with Crippen molar-refractivity contribution in [2.75, 3.05) is 0 Å². The maximum absolute atomic E-state index is 4.29. The van der Waals surface area contributed by atoms with Crippen LogP contribution in [0, 0.1) is 24.2 Å². The van der Waals surface area contributed by atoms with Crippen LogP contribution in [0.1, 0.15) is 34.1 Å². The Bertz CT molecular complexity index is 230. The summed E-state index contributed by atoms with van der Waals surface area (Å²) in [4.78, 5) is 0. The normalized spacial score (nSPS) is 28.4. The molecule has 0 nitrogen and oxygen atoms in total. The van der Waals surface area contributed by atoms with Gasteiger partial charge in [-0.3, -0.25) is 0 Å². The van der Waals surface area contributed by atoms with Crippen molar-refractivity contribution in [3.8, 4) is 0 Å². The van der Waals surface area contributed by atoms with Crippen LogP contribution in [0.3, 0.4) is 0 Å². The average Bonchev–Trinajstić information content (AvgIpc) is 2.04. The smallest absolute Gasteiger partial charge is 0.00571 e. The summed E-state index contributed by atoms with van der Waals surface area (Å²) in [5, 5.41) is 0. The van der Waals surface area contributed by atoms with Gasteiger partial charge in [-0.05, 0) is 36.2 Å². The summed E-state index contributed by atoms with van der Waals surface area (Å²) in [5.41, 5.74) is 1.60. The van der Waals surface area contributed by atoms with Crippen LogP contribution in [-0.4, -0.2) is 0 Å². The molecule has 0 aromatic rings. The monoisotopic (exact) mass is 177 g/mol. The van der Waals surface area contributed by atoms with E-state index in [9.17, 15) is 0 Å². The van der Waals surface area contributed by atoms with Gasteiger partial charge in [0.2, 0.25) is 0 Å². The van der Waals surface area contributed by atoms with E-state index < -0.39 is 0 Å². The lowest BCUT2D eigenvalue weighted by Crippen LogP contribution is -2.22. The van der Waals surface area contributed by atoms with Gasteiger partial charge >= 0.3 is 0 Å².